The highest BCUT2D eigenvalue weighted by atomic mass is 19.1. The van der Waals surface area contributed by atoms with Gasteiger partial charge in [-0.1, -0.05) is 0 Å². The lowest BCUT2D eigenvalue weighted by Crippen LogP contribution is -2.50. The Labute approximate surface area is 159 Å². The van der Waals surface area contributed by atoms with E-state index >= 15 is 0 Å². The van der Waals surface area contributed by atoms with Gasteiger partial charge in [0.15, 0.2) is 0 Å². The zero-order valence-corrected chi connectivity index (χ0v) is 16.4. The summed E-state index contributed by atoms with van der Waals surface area (Å²) in [6, 6.07) is 2.33. The number of methoxy groups -OCH3 is 1. The van der Waals surface area contributed by atoms with E-state index < -0.39 is 35.5 Å². The Morgan fingerprint density at radius 1 is 1.22 bits per heavy atom. The topological polar surface area (TPSA) is 79.8 Å². The van der Waals surface area contributed by atoms with Crippen molar-refractivity contribution < 1.29 is 28.2 Å². The van der Waals surface area contributed by atoms with Crippen LogP contribution < -0.4 is 10.6 Å². The van der Waals surface area contributed by atoms with E-state index in [9.17, 15) is 18.7 Å². The Bertz CT molecular complexity index is 573. The molecule has 6 nitrogen and oxygen atoms in total. The van der Waals surface area contributed by atoms with Crippen molar-refractivity contribution in [2.75, 3.05) is 26.8 Å². The predicted octanol–water partition coefficient (Wildman–Crippen LogP) is 2.39. The first-order chi connectivity index (χ1) is 12.6. The molecule has 0 saturated heterocycles. The van der Waals surface area contributed by atoms with E-state index in [1.165, 1.54) is 12.1 Å². The van der Waals surface area contributed by atoms with E-state index in [0.29, 0.717) is 18.7 Å². The Morgan fingerprint density at radius 3 is 2.41 bits per heavy atom. The van der Waals surface area contributed by atoms with Crippen LogP contribution in [0.1, 0.15) is 32.8 Å². The van der Waals surface area contributed by atoms with Gasteiger partial charge >= 0.3 is 6.09 Å². The largest absolute Gasteiger partial charge is 0.444 e. The van der Waals surface area contributed by atoms with Crippen LogP contribution in [0.2, 0.25) is 0 Å². The third-order valence-corrected chi connectivity index (χ3v) is 3.60. The molecule has 154 valence electrons. The summed E-state index contributed by atoms with van der Waals surface area (Å²) in [6.45, 7) is 6.57. The molecular weight excluding hydrogens is 358 g/mol. The fourth-order valence-electron chi connectivity index (χ4n) is 2.46. The number of benzene rings is 1. The van der Waals surface area contributed by atoms with Crippen LogP contribution >= 0.6 is 0 Å². The molecule has 0 bridgehead atoms. The van der Waals surface area contributed by atoms with Crippen molar-refractivity contribution in [2.45, 2.75) is 51.4 Å². The van der Waals surface area contributed by atoms with E-state index in [-0.39, 0.29) is 13.0 Å². The van der Waals surface area contributed by atoms with Crippen LogP contribution in [0.25, 0.3) is 0 Å². The van der Waals surface area contributed by atoms with Crippen LogP contribution in [-0.4, -0.2) is 55.8 Å². The SMILES string of the molecule is COCCCNC[C@@H](O)[C@H](Cc1cc(F)cc(F)c1)NC(=O)OC(C)(C)C. The molecule has 3 N–H and O–H groups in total. The number of carbonyl (C=O) groups is 1. The molecule has 0 aliphatic rings. The molecule has 8 heteroatoms. The number of hydrogen-bond acceptors (Lipinski definition) is 5. The minimum absolute atomic E-state index is 0.0504. The summed E-state index contributed by atoms with van der Waals surface area (Å²) in [5, 5.41) is 16.1. The van der Waals surface area contributed by atoms with Crippen LogP contribution in [0, 0.1) is 11.6 Å². The van der Waals surface area contributed by atoms with Gasteiger partial charge in [-0.2, -0.15) is 0 Å². The zero-order chi connectivity index (χ0) is 20.4. The highest BCUT2D eigenvalue weighted by Gasteiger charge is 2.25. The molecule has 0 spiro atoms. The lowest BCUT2D eigenvalue weighted by Gasteiger charge is -2.27. The first kappa shape index (κ1) is 23.3. The summed E-state index contributed by atoms with van der Waals surface area (Å²) in [7, 11) is 1.60. The number of rotatable bonds is 10. The molecule has 0 saturated carbocycles. The smallest absolute Gasteiger partial charge is 0.407 e. The molecule has 0 unspecified atom stereocenters. The Kier molecular flexibility index (Phi) is 9.62. The molecule has 0 fully saturated rings. The molecule has 1 aromatic rings. The van der Waals surface area contributed by atoms with Crippen molar-refractivity contribution in [1.82, 2.24) is 10.6 Å². The molecule has 1 rings (SSSR count). The molecule has 2 atom stereocenters. The van der Waals surface area contributed by atoms with Gasteiger partial charge in [-0.05, 0) is 57.9 Å². The van der Waals surface area contributed by atoms with Gasteiger partial charge in [-0.3, -0.25) is 0 Å². The zero-order valence-electron chi connectivity index (χ0n) is 16.4. The van der Waals surface area contributed by atoms with Crippen LogP contribution in [0.4, 0.5) is 13.6 Å². The van der Waals surface area contributed by atoms with Crippen molar-refractivity contribution in [3.05, 3.63) is 35.4 Å². The summed E-state index contributed by atoms with van der Waals surface area (Å²) in [4.78, 5) is 12.1. The Morgan fingerprint density at radius 2 is 1.85 bits per heavy atom. The van der Waals surface area contributed by atoms with Gasteiger partial charge in [0, 0.05) is 26.3 Å². The van der Waals surface area contributed by atoms with E-state index in [2.05, 4.69) is 10.6 Å². The van der Waals surface area contributed by atoms with Gasteiger partial charge < -0.3 is 25.2 Å². The predicted molar refractivity (Wildman–Crippen MR) is 98.6 cm³/mol. The number of carbonyl (C=O) groups excluding carboxylic acids is 1. The van der Waals surface area contributed by atoms with Crippen molar-refractivity contribution in [3.8, 4) is 0 Å². The monoisotopic (exact) mass is 388 g/mol. The molecule has 0 aliphatic carbocycles. The number of halogens is 2. The minimum Gasteiger partial charge on any atom is -0.444 e. The van der Waals surface area contributed by atoms with Crippen molar-refractivity contribution in [3.63, 3.8) is 0 Å². The van der Waals surface area contributed by atoms with Crippen molar-refractivity contribution in [2.24, 2.45) is 0 Å². The molecule has 1 amide bonds. The average Bonchev–Trinajstić information content (AvgIpc) is 2.51. The second kappa shape index (κ2) is 11.2. The summed E-state index contributed by atoms with van der Waals surface area (Å²) < 4.78 is 37.1. The minimum atomic E-state index is -0.980. The van der Waals surface area contributed by atoms with Crippen LogP contribution in [0.15, 0.2) is 18.2 Å². The van der Waals surface area contributed by atoms with Gasteiger partial charge in [0.1, 0.15) is 17.2 Å². The number of aliphatic hydroxyl groups excluding tert-OH is 1. The fraction of sp³-hybridized carbons (Fsp3) is 0.632. The number of aliphatic hydroxyl groups is 1. The van der Waals surface area contributed by atoms with Gasteiger partial charge in [-0.25, -0.2) is 13.6 Å². The van der Waals surface area contributed by atoms with Crippen LogP contribution in [0.5, 0.6) is 0 Å². The second-order valence-corrected chi connectivity index (χ2v) is 7.35. The normalized spacial score (nSPS) is 13.9. The maximum Gasteiger partial charge on any atom is 0.407 e. The van der Waals surface area contributed by atoms with E-state index in [4.69, 9.17) is 9.47 Å². The summed E-state index contributed by atoms with van der Waals surface area (Å²) in [5.41, 5.74) is -0.379. The highest BCUT2D eigenvalue weighted by molar-refractivity contribution is 5.68. The average molecular weight is 388 g/mol. The molecular formula is C19H30F2N2O4. The van der Waals surface area contributed by atoms with E-state index in [0.717, 1.165) is 12.5 Å². The number of amides is 1. The molecule has 1 aromatic carbocycles. The first-order valence-electron chi connectivity index (χ1n) is 8.93. The standard InChI is InChI=1S/C19H30F2N2O4/c1-19(2,3)27-18(25)23-16(17(24)12-22-6-5-7-26-4)10-13-8-14(20)11-15(21)9-13/h8-9,11,16-17,22,24H,5-7,10,12H2,1-4H3,(H,23,25)/t16-,17+/m0/s1. The maximum atomic E-state index is 13.4. The molecule has 0 aromatic heterocycles. The van der Waals surface area contributed by atoms with Gasteiger partial charge in [-0.15, -0.1) is 0 Å². The maximum absolute atomic E-state index is 13.4. The summed E-state index contributed by atoms with van der Waals surface area (Å²) in [6.07, 6.45) is -0.869. The molecule has 0 radical (unpaired) electrons. The third kappa shape index (κ3) is 10.2. The van der Waals surface area contributed by atoms with Crippen molar-refractivity contribution in [1.29, 1.82) is 0 Å². The van der Waals surface area contributed by atoms with Gasteiger partial charge in [0.25, 0.3) is 0 Å². The lowest BCUT2D eigenvalue weighted by molar-refractivity contribution is 0.0422. The molecule has 0 heterocycles. The Balaban J connectivity index is 2.76. The van der Waals surface area contributed by atoms with Gasteiger partial charge in [0.05, 0.1) is 12.1 Å². The highest BCUT2D eigenvalue weighted by Crippen LogP contribution is 2.13. The van der Waals surface area contributed by atoms with Crippen LogP contribution in [-0.2, 0) is 15.9 Å². The van der Waals surface area contributed by atoms with Crippen molar-refractivity contribution >= 4 is 6.09 Å². The summed E-state index contributed by atoms with van der Waals surface area (Å²) >= 11 is 0. The first-order valence-corrected chi connectivity index (χ1v) is 8.93. The quantitative estimate of drug-likeness (QED) is 0.537. The molecule has 27 heavy (non-hydrogen) atoms. The van der Waals surface area contributed by atoms with Crippen LogP contribution in [0.3, 0.4) is 0 Å². The molecule has 0 aliphatic heterocycles. The number of nitrogens with one attached hydrogen (secondary N) is 2. The number of alkyl carbamates (subject to hydrolysis) is 1. The second-order valence-electron chi connectivity index (χ2n) is 7.35. The Hall–Kier alpha value is -1.77. The fourth-order valence-corrected chi connectivity index (χ4v) is 2.46. The third-order valence-electron chi connectivity index (χ3n) is 3.60. The van der Waals surface area contributed by atoms with Gasteiger partial charge in [0.2, 0.25) is 0 Å². The van der Waals surface area contributed by atoms with E-state index in [1.807, 2.05) is 0 Å². The summed E-state index contributed by atoms with van der Waals surface area (Å²) in [5.74, 6) is -1.43. The lowest BCUT2D eigenvalue weighted by atomic mass is 10.0. The number of ether oxygens (including phenoxy) is 2. The van der Waals surface area contributed by atoms with E-state index in [1.54, 1.807) is 27.9 Å². The number of hydrogen-bond donors (Lipinski definition) is 3.